The van der Waals surface area contributed by atoms with Crippen LogP contribution < -0.4 is 14.8 Å². The maximum atomic E-state index is 5.40. The van der Waals surface area contributed by atoms with E-state index in [1.54, 1.807) is 7.11 Å². The van der Waals surface area contributed by atoms with Crippen LogP contribution in [0.15, 0.2) is 18.2 Å². The number of rotatable bonds is 9. The van der Waals surface area contributed by atoms with Crippen molar-refractivity contribution in [3.05, 3.63) is 23.8 Å². The van der Waals surface area contributed by atoms with Crippen LogP contribution in [0, 0.1) is 0 Å². The van der Waals surface area contributed by atoms with Gasteiger partial charge < -0.3 is 19.5 Å². The molecule has 1 aromatic rings. The molecule has 0 aliphatic carbocycles. The molecular weight excluding hydrogens is 254 g/mol. The molecule has 0 amide bonds. The van der Waals surface area contributed by atoms with Crippen molar-refractivity contribution in [3.63, 3.8) is 0 Å². The van der Waals surface area contributed by atoms with Gasteiger partial charge in [0.05, 0.1) is 0 Å². The predicted octanol–water partition coefficient (Wildman–Crippen LogP) is 2.75. The van der Waals surface area contributed by atoms with Gasteiger partial charge in [-0.1, -0.05) is 6.07 Å². The fourth-order valence-electron chi connectivity index (χ4n) is 2.30. The number of methoxy groups -OCH3 is 1. The number of hydrogen-bond donors (Lipinski definition) is 1. The minimum Gasteiger partial charge on any atom is -0.454 e. The Labute approximate surface area is 121 Å². The minimum absolute atomic E-state index is 0.345. The van der Waals surface area contributed by atoms with Crippen LogP contribution in [0.5, 0.6) is 11.5 Å². The zero-order chi connectivity index (χ0) is 14.2. The van der Waals surface area contributed by atoms with E-state index < -0.39 is 0 Å². The van der Waals surface area contributed by atoms with E-state index in [-0.39, 0.29) is 0 Å². The molecule has 0 saturated carbocycles. The molecule has 112 valence electrons. The number of unbranched alkanes of at least 4 members (excludes halogenated alkanes) is 1. The molecule has 1 heterocycles. The molecule has 4 nitrogen and oxygen atoms in total. The monoisotopic (exact) mass is 279 g/mol. The van der Waals surface area contributed by atoms with Crippen molar-refractivity contribution in [2.75, 3.05) is 27.1 Å². The molecule has 0 aromatic heterocycles. The molecule has 0 saturated heterocycles. The minimum atomic E-state index is 0.345. The summed E-state index contributed by atoms with van der Waals surface area (Å²) >= 11 is 0. The number of ether oxygens (including phenoxy) is 3. The molecular formula is C16H25NO3. The van der Waals surface area contributed by atoms with Crippen molar-refractivity contribution in [2.45, 2.75) is 38.6 Å². The lowest BCUT2D eigenvalue weighted by Crippen LogP contribution is -2.27. The van der Waals surface area contributed by atoms with Crippen molar-refractivity contribution < 1.29 is 14.2 Å². The fourth-order valence-corrected chi connectivity index (χ4v) is 2.30. The summed E-state index contributed by atoms with van der Waals surface area (Å²) in [6, 6.07) is 6.75. The fraction of sp³-hybridized carbons (Fsp3) is 0.625. The Bertz CT molecular complexity index is 409. The number of nitrogens with one attached hydrogen (secondary N) is 1. The Hall–Kier alpha value is -1.26. The van der Waals surface area contributed by atoms with E-state index in [9.17, 15) is 0 Å². The van der Waals surface area contributed by atoms with Gasteiger partial charge in [-0.2, -0.15) is 0 Å². The molecule has 20 heavy (non-hydrogen) atoms. The number of aryl methyl sites for hydroxylation is 1. The highest BCUT2D eigenvalue weighted by molar-refractivity contribution is 5.44. The van der Waals surface area contributed by atoms with Gasteiger partial charge in [-0.05, 0) is 56.8 Å². The number of fused-ring (bicyclic) bond motifs is 1. The molecule has 0 spiro atoms. The summed E-state index contributed by atoms with van der Waals surface area (Å²) in [4.78, 5) is 0. The highest BCUT2D eigenvalue weighted by atomic mass is 16.7. The molecule has 0 fully saturated rings. The lowest BCUT2D eigenvalue weighted by molar-refractivity contribution is 0.174. The standard InChI is InChI=1S/C16H25NO3/c1-13(17-9-3-4-10-18-2)5-6-14-7-8-15-16(11-14)20-12-19-15/h7-8,11,13,17H,3-6,9-10,12H2,1-2H3. The topological polar surface area (TPSA) is 39.7 Å². The van der Waals surface area contributed by atoms with Gasteiger partial charge in [0.2, 0.25) is 6.79 Å². The van der Waals surface area contributed by atoms with Crippen LogP contribution in [0.2, 0.25) is 0 Å². The first kappa shape index (κ1) is 15.1. The third-order valence-electron chi connectivity index (χ3n) is 3.57. The average Bonchev–Trinajstić information content (AvgIpc) is 2.92. The number of hydrogen-bond acceptors (Lipinski definition) is 4. The number of benzene rings is 1. The van der Waals surface area contributed by atoms with Crippen LogP contribution in [0.25, 0.3) is 0 Å². The second kappa shape index (κ2) is 8.12. The first-order chi connectivity index (χ1) is 9.79. The van der Waals surface area contributed by atoms with Gasteiger partial charge in [-0.25, -0.2) is 0 Å². The summed E-state index contributed by atoms with van der Waals surface area (Å²) in [5.74, 6) is 1.74. The molecule has 4 heteroatoms. The normalized spacial score (nSPS) is 14.5. The van der Waals surface area contributed by atoms with E-state index in [0.29, 0.717) is 12.8 Å². The van der Waals surface area contributed by atoms with Crippen LogP contribution in [0.1, 0.15) is 31.7 Å². The first-order valence-corrected chi connectivity index (χ1v) is 7.40. The van der Waals surface area contributed by atoms with Crippen molar-refractivity contribution in [3.8, 4) is 11.5 Å². The van der Waals surface area contributed by atoms with Crippen LogP contribution in [-0.4, -0.2) is 33.1 Å². The van der Waals surface area contributed by atoms with Crippen LogP contribution in [-0.2, 0) is 11.2 Å². The highest BCUT2D eigenvalue weighted by Gasteiger charge is 2.13. The van der Waals surface area contributed by atoms with E-state index >= 15 is 0 Å². The van der Waals surface area contributed by atoms with Crippen molar-refractivity contribution in [2.24, 2.45) is 0 Å². The van der Waals surface area contributed by atoms with E-state index in [4.69, 9.17) is 14.2 Å². The van der Waals surface area contributed by atoms with Crippen molar-refractivity contribution >= 4 is 0 Å². The summed E-state index contributed by atoms with van der Waals surface area (Å²) in [5.41, 5.74) is 1.31. The summed E-state index contributed by atoms with van der Waals surface area (Å²) in [6.07, 6.45) is 4.48. The lowest BCUT2D eigenvalue weighted by Gasteiger charge is -2.13. The molecule has 0 bridgehead atoms. The van der Waals surface area contributed by atoms with Crippen LogP contribution in [0.3, 0.4) is 0 Å². The zero-order valence-corrected chi connectivity index (χ0v) is 12.5. The Balaban J connectivity index is 1.64. The largest absolute Gasteiger partial charge is 0.454 e. The SMILES string of the molecule is COCCCCNC(C)CCc1ccc2c(c1)OCO2. The molecule has 0 radical (unpaired) electrons. The maximum absolute atomic E-state index is 5.40. The van der Waals surface area contributed by atoms with Gasteiger partial charge in [-0.3, -0.25) is 0 Å². The second-order valence-electron chi connectivity index (χ2n) is 5.28. The molecule has 1 N–H and O–H groups in total. The summed E-state index contributed by atoms with van der Waals surface area (Å²) < 4.78 is 15.8. The van der Waals surface area contributed by atoms with Crippen LogP contribution >= 0.6 is 0 Å². The summed E-state index contributed by atoms with van der Waals surface area (Å²) in [6.45, 7) is 4.50. The second-order valence-corrected chi connectivity index (χ2v) is 5.28. The van der Waals surface area contributed by atoms with Gasteiger partial charge in [0, 0.05) is 19.8 Å². The van der Waals surface area contributed by atoms with Gasteiger partial charge >= 0.3 is 0 Å². The van der Waals surface area contributed by atoms with Gasteiger partial charge in [-0.15, -0.1) is 0 Å². The molecule has 1 aliphatic heterocycles. The summed E-state index contributed by atoms with van der Waals surface area (Å²) in [7, 11) is 1.75. The lowest BCUT2D eigenvalue weighted by atomic mass is 10.1. The Morgan fingerprint density at radius 1 is 1.25 bits per heavy atom. The van der Waals surface area contributed by atoms with Gasteiger partial charge in [0.1, 0.15) is 0 Å². The molecule has 1 aliphatic rings. The first-order valence-electron chi connectivity index (χ1n) is 7.40. The zero-order valence-electron chi connectivity index (χ0n) is 12.5. The van der Waals surface area contributed by atoms with E-state index in [1.807, 2.05) is 6.07 Å². The average molecular weight is 279 g/mol. The quantitative estimate of drug-likeness (QED) is 0.706. The predicted molar refractivity (Wildman–Crippen MR) is 79.5 cm³/mol. The Kier molecular flexibility index (Phi) is 6.15. The van der Waals surface area contributed by atoms with Gasteiger partial charge in [0.15, 0.2) is 11.5 Å². The molecule has 1 unspecified atom stereocenters. The summed E-state index contributed by atoms with van der Waals surface area (Å²) in [5, 5.41) is 3.55. The Morgan fingerprint density at radius 3 is 2.95 bits per heavy atom. The Morgan fingerprint density at radius 2 is 2.10 bits per heavy atom. The third kappa shape index (κ3) is 4.69. The van der Waals surface area contributed by atoms with Gasteiger partial charge in [0.25, 0.3) is 0 Å². The van der Waals surface area contributed by atoms with Crippen molar-refractivity contribution in [1.82, 2.24) is 5.32 Å². The van der Waals surface area contributed by atoms with Crippen molar-refractivity contribution in [1.29, 1.82) is 0 Å². The maximum Gasteiger partial charge on any atom is 0.231 e. The van der Waals surface area contributed by atoms with E-state index in [0.717, 1.165) is 43.9 Å². The van der Waals surface area contributed by atoms with Crippen LogP contribution in [0.4, 0.5) is 0 Å². The molecule has 1 atom stereocenters. The molecule has 1 aromatic carbocycles. The third-order valence-corrected chi connectivity index (χ3v) is 3.57. The van der Waals surface area contributed by atoms with E-state index in [2.05, 4.69) is 24.4 Å². The highest BCUT2D eigenvalue weighted by Crippen LogP contribution is 2.32. The molecule has 2 rings (SSSR count). The smallest absolute Gasteiger partial charge is 0.231 e. The van der Waals surface area contributed by atoms with E-state index in [1.165, 1.54) is 12.0 Å².